The van der Waals surface area contributed by atoms with E-state index in [1.807, 2.05) is 6.20 Å². The average molecular weight is 334 g/mol. The number of aromatic nitrogens is 1. The van der Waals surface area contributed by atoms with Crippen LogP contribution >= 0.6 is 0 Å². The highest BCUT2D eigenvalue weighted by atomic mass is 14.6. The van der Waals surface area contributed by atoms with E-state index in [1.165, 1.54) is 121 Å². The van der Waals surface area contributed by atoms with Crippen LogP contribution in [0, 0.1) is 0 Å². The van der Waals surface area contributed by atoms with E-state index in [9.17, 15) is 0 Å². The number of nitrogens with one attached hydrogen (secondary N) is 1. The summed E-state index contributed by atoms with van der Waals surface area (Å²) in [7, 11) is 0. The Balaban J connectivity index is 1.66. The van der Waals surface area contributed by atoms with Crippen LogP contribution in [0.2, 0.25) is 0 Å². The minimum Gasteiger partial charge on any atom is -0.367 e. The second-order valence-electron chi connectivity index (χ2n) is 7.63. The molecule has 0 atom stereocenters. The Morgan fingerprint density at radius 1 is 0.583 bits per heavy atom. The van der Waals surface area contributed by atoms with Crippen molar-refractivity contribution in [2.24, 2.45) is 0 Å². The van der Waals surface area contributed by atoms with Gasteiger partial charge in [0.1, 0.15) is 0 Å². The highest BCUT2D eigenvalue weighted by Gasteiger charge is 1.96. The smallest absolute Gasteiger partial charge is 0.00373 e. The van der Waals surface area contributed by atoms with Gasteiger partial charge in [-0.15, -0.1) is 0 Å². The molecule has 0 saturated carbocycles. The lowest BCUT2D eigenvalue weighted by atomic mass is 10.0. The van der Waals surface area contributed by atoms with Crippen molar-refractivity contribution >= 4 is 0 Å². The number of aryl methyl sites for hydroxylation is 1. The first-order valence-electron chi connectivity index (χ1n) is 11.0. The van der Waals surface area contributed by atoms with Gasteiger partial charge < -0.3 is 4.98 Å². The summed E-state index contributed by atoms with van der Waals surface area (Å²) in [5.74, 6) is 0. The van der Waals surface area contributed by atoms with Crippen LogP contribution in [0.4, 0.5) is 0 Å². The van der Waals surface area contributed by atoms with Crippen molar-refractivity contribution in [3.05, 3.63) is 24.0 Å². The second kappa shape index (κ2) is 17.1. The van der Waals surface area contributed by atoms with Crippen LogP contribution < -0.4 is 0 Å². The average Bonchev–Trinajstić information content (AvgIpc) is 3.11. The molecule has 1 heterocycles. The van der Waals surface area contributed by atoms with Crippen LogP contribution in [-0.2, 0) is 6.42 Å². The van der Waals surface area contributed by atoms with Crippen LogP contribution in [0.1, 0.15) is 122 Å². The molecule has 1 rings (SSSR count). The van der Waals surface area contributed by atoms with Crippen molar-refractivity contribution in [1.29, 1.82) is 0 Å². The van der Waals surface area contributed by atoms with Crippen molar-refractivity contribution in [1.82, 2.24) is 4.98 Å². The maximum atomic E-state index is 3.14. The van der Waals surface area contributed by atoms with Crippen LogP contribution in [0.25, 0.3) is 0 Å². The van der Waals surface area contributed by atoms with Crippen LogP contribution in [0.3, 0.4) is 0 Å². The van der Waals surface area contributed by atoms with Crippen molar-refractivity contribution in [2.45, 2.75) is 122 Å². The molecule has 1 aromatic rings. The van der Waals surface area contributed by atoms with Crippen LogP contribution in [-0.4, -0.2) is 4.98 Å². The lowest BCUT2D eigenvalue weighted by Gasteiger charge is -2.03. The fourth-order valence-corrected chi connectivity index (χ4v) is 3.57. The molecule has 1 nitrogen and oxygen atoms in total. The third-order valence-corrected chi connectivity index (χ3v) is 5.23. The molecule has 140 valence electrons. The number of unbranched alkanes of at least 4 members (excludes halogenated alkanes) is 16. The van der Waals surface area contributed by atoms with E-state index in [2.05, 4.69) is 24.2 Å². The monoisotopic (exact) mass is 333 g/mol. The first-order chi connectivity index (χ1) is 11.9. The third-order valence-electron chi connectivity index (χ3n) is 5.23. The molecule has 0 saturated heterocycles. The topological polar surface area (TPSA) is 15.8 Å². The zero-order chi connectivity index (χ0) is 17.1. The van der Waals surface area contributed by atoms with Gasteiger partial charge in [0, 0.05) is 12.4 Å². The molecule has 0 aliphatic carbocycles. The highest BCUT2D eigenvalue weighted by molar-refractivity contribution is 5.07. The summed E-state index contributed by atoms with van der Waals surface area (Å²) in [4.78, 5) is 3.14. The number of hydrogen-bond acceptors (Lipinski definition) is 0. The van der Waals surface area contributed by atoms with Gasteiger partial charge in [0.05, 0.1) is 0 Å². The zero-order valence-corrected chi connectivity index (χ0v) is 16.5. The van der Waals surface area contributed by atoms with Crippen molar-refractivity contribution in [3.63, 3.8) is 0 Å². The number of rotatable bonds is 18. The van der Waals surface area contributed by atoms with E-state index < -0.39 is 0 Å². The minimum absolute atomic E-state index is 1.25. The predicted octanol–water partition coefficient (Wildman–Crippen LogP) is 8.21. The number of hydrogen-bond donors (Lipinski definition) is 1. The fraction of sp³-hybridized carbons (Fsp3) is 0.826. The molecule has 1 N–H and O–H groups in total. The van der Waals surface area contributed by atoms with E-state index in [0.717, 1.165) is 0 Å². The Morgan fingerprint density at radius 2 is 1.00 bits per heavy atom. The summed E-state index contributed by atoms with van der Waals surface area (Å²) in [6.07, 6.45) is 30.1. The van der Waals surface area contributed by atoms with Gasteiger partial charge in [-0.2, -0.15) is 0 Å². The summed E-state index contributed by atoms with van der Waals surface area (Å²) < 4.78 is 0. The lowest BCUT2D eigenvalue weighted by molar-refractivity contribution is 0.527. The molecule has 1 heteroatoms. The zero-order valence-electron chi connectivity index (χ0n) is 16.5. The van der Waals surface area contributed by atoms with Gasteiger partial charge in [0.2, 0.25) is 0 Å². The Hall–Kier alpha value is -0.720. The molecule has 0 bridgehead atoms. The van der Waals surface area contributed by atoms with E-state index >= 15 is 0 Å². The van der Waals surface area contributed by atoms with Crippen LogP contribution in [0.5, 0.6) is 0 Å². The standard InChI is InChI=1S/C23H43N/c1-2-3-4-5-6-7-8-9-10-11-12-13-14-15-16-17-18-19-23-20-21-24-22-23/h20-22,24H,2-19H2,1H3. The molecule has 0 spiro atoms. The van der Waals surface area contributed by atoms with Gasteiger partial charge >= 0.3 is 0 Å². The molecule has 0 radical (unpaired) electrons. The Bertz CT molecular complexity index is 328. The predicted molar refractivity (Wildman–Crippen MR) is 109 cm³/mol. The minimum atomic E-state index is 1.25. The molecule has 0 amide bonds. The Morgan fingerprint density at radius 3 is 1.38 bits per heavy atom. The molecule has 1 aromatic heterocycles. The largest absolute Gasteiger partial charge is 0.367 e. The van der Waals surface area contributed by atoms with Gasteiger partial charge in [-0.05, 0) is 24.5 Å². The molecule has 0 aliphatic rings. The Labute approximate surface area is 152 Å². The fourth-order valence-electron chi connectivity index (χ4n) is 3.57. The summed E-state index contributed by atoms with van der Waals surface area (Å²) in [6.45, 7) is 2.30. The quantitative estimate of drug-likeness (QED) is 0.260. The van der Waals surface area contributed by atoms with Gasteiger partial charge in [0.15, 0.2) is 0 Å². The van der Waals surface area contributed by atoms with E-state index in [-0.39, 0.29) is 0 Å². The number of H-pyrrole nitrogens is 1. The van der Waals surface area contributed by atoms with Crippen molar-refractivity contribution < 1.29 is 0 Å². The van der Waals surface area contributed by atoms with Gasteiger partial charge in [-0.1, -0.05) is 110 Å². The Kier molecular flexibility index (Phi) is 15.2. The van der Waals surface area contributed by atoms with E-state index in [0.29, 0.717) is 0 Å². The molecule has 0 unspecified atom stereocenters. The van der Waals surface area contributed by atoms with E-state index in [1.54, 1.807) is 0 Å². The summed E-state index contributed by atoms with van der Waals surface area (Å²) >= 11 is 0. The highest BCUT2D eigenvalue weighted by Crippen LogP contribution is 2.14. The molecule has 0 aliphatic heterocycles. The lowest BCUT2D eigenvalue weighted by Crippen LogP contribution is -1.85. The second-order valence-corrected chi connectivity index (χ2v) is 7.63. The number of aromatic amines is 1. The SMILES string of the molecule is CCCCCCCCCCCCCCCCCCCc1cc[nH]c1. The summed E-state index contributed by atoms with van der Waals surface area (Å²) in [5, 5.41) is 0. The van der Waals surface area contributed by atoms with Crippen molar-refractivity contribution in [2.75, 3.05) is 0 Å². The molecular formula is C23H43N. The normalized spacial score (nSPS) is 11.2. The summed E-state index contributed by atoms with van der Waals surface area (Å²) in [5.41, 5.74) is 1.47. The van der Waals surface area contributed by atoms with Gasteiger partial charge in [0.25, 0.3) is 0 Å². The maximum Gasteiger partial charge on any atom is 0.00373 e. The van der Waals surface area contributed by atoms with E-state index in [4.69, 9.17) is 0 Å². The molecular weight excluding hydrogens is 290 g/mol. The van der Waals surface area contributed by atoms with Crippen molar-refractivity contribution in [3.8, 4) is 0 Å². The molecule has 0 aromatic carbocycles. The maximum absolute atomic E-state index is 3.14. The van der Waals surface area contributed by atoms with Crippen LogP contribution in [0.15, 0.2) is 18.5 Å². The summed E-state index contributed by atoms with van der Waals surface area (Å²) in [6, 6.07) is 2.20. The first-order valence-corrected chi connectivity index (χ1v) is 11.0. The first kappa shape index (κ1) is 21.3. The third kappa shape index (κ3) is 13.7. The molecule has 24 heavy (non-hydrogen) atoms. The van der Waals surface area contributed by atoms with Gasteiger partial charge in [-0.3, -0.25) is 0 Å². The molecule has 0 fully saturated rings. The van der Waals surface area contributed by atoms with Gasteiger partial charge in [-0.25, -0.2) is 0 Å².